The minimum atomic E-state index is -2.37. The highest BCUT2D eigenvalue weighted by Crippen LogP contribution is 2.44. The Kier molecular flexibility index (Phi) is 4.97. The van der Waals surface area contributed by atoms with Crippen LogP contribution in [0, 0.1) is 6.85 Å². The molecule has 0 aliphatic heterocycles. The first-order chi connectivity index (χ1) is 22.0. The van der Waals surface area contributed by atoms with Crippen LogP contribution < -0.4 is 0 Å². The molecule has 198 valence electrons. The molecule has 8 rings (SSSR count). The maximum atomic E-state index is 8.24. The number of rotatable bonds is 4. The van der Waals surface area contributed by atoms with Crippen LogP contribution in [0.5, 0.6) is 0 Å². The molecular weight excluding hydrogens is 510 g/mol. The summed E-state index contributed by atoms with van der Waals surface area (Å²) in [6.07, 6.45) is 3.67. The molecule has 0 amide bonds. The van der Waals surface area contributed by atoms with Crippen molar-refractivity contribution in [1.82, 2.24) is 14.5 Å². The van der Waals surface area contributed by atoms with E-state index in [1.54, 1.807) is 10.8 Å². The van der Waals surface area contributed by atoms with E-state index in [1.807, 2.05) is 48.7 Å². The van der Waals surface area contributed by atoms with E-state index in [0.29, 0.717) is 5.52 Å². The Labute approximate surface area is 248 Å². The minimum absolute atomic E-state index is 0.0562. The van der Waals surface area contributed by atoms with Crippen molar-refractivity contribution in [1.29, 1.82) is 0 Å². The van der Waals surface area contributed by atoms with Gasteiger partial charge in [-0.15, -0.1) is 0 Å². The average Bonchev–Trinajstić information content (AvgIpc) is 3.48. The second-order valence-corrected chi connectivity index (χ2v) is 10.5. The number of imidazole rings is 1. The van der Waals surface area contributed by atoms with Gasteiger partial charge in [-0.3, -0.25) is 9.55 Å². The zero-order chi connectivity index (χ0) is 30.5. The van der Waals surface area contributed by atoms with E-state index in [9.17, 15) is 0 Å². The first kappa shape index (κ1) is 21.2. The number of aromatic nitrogens is 3. The molecule has 0 aliphatic carbocycles. The summed E-state index contributed by atoms with van der Waals surface area (Å²) < 4.78 is 26.5. The van der Waals surface area contributed by atoms with E-state index in [-0.39, 0.29) is 5.82 Å². The Morgan fingerprint density at radius 1 is 0.548 bits per heavy atom. The van der Waals surface area contributed by atoms with E-state index >= 15 is 0 Å². The minimum Gasteiger partial charge on any atom is -0.297 e. The van der Waals surface area contributed by atoms with Crippen molar-refractivity contribution in [2.45, 2.75) is 6.85 Å². The summed E-state index contributed by atoms with van der Waals surface area (Å²) in [5.74, 6) is 0.0562. The van der Waals surface area contributed by atoms with Crippen molar-refractivity contribution < 1.29 is 4.11 Å². The second-order valence-electron chi connectivity index (χ2n) is 10.5. The Morgan fingerprint density at radius 2 is 1.17 bits per heavy atom. The van der Waals surface area contributed by atoms with Crippen LogP contribution in [0.2, 0.25) is 0 Å². The predicted octanol–water partition coefficient (Wildman–Crippen LogP) is 10.0. The standard InChI is InChI=1S/C39H27N3/c1-26-41-36-17-6-7-18-37(36)42(26)31-12-8-10-29(24-31)39-34-15-4-2-13-32(34)38(33-14-3-5-16-35(33)39)28-21-19-27(20-22-28)30-11-9-23-40-25-30/h2-25H,1H3/i1D3. The third kappa shape index (κ3) is 3.90. The summed E-state index contributed by atoms with van der Waals surface area (Å²) in [4.78, 5) is 8.81. The van der Waals surface area contributed by atoms with Gasteiger partial charge < -0.3 is 0 Å². The van der Waals surface area contributed by atoms with Gasteiger partial charge in [0.05, 0.1) is 11.0 Å². The first-order valence-corrected chi connectivity index (χ1v) is 14.0. The van der Waals surface area contributed by atoms with Gasteiger partial charge in [-0.25, -0.2) is 4.98 Å². The highest BCUT2D eigenvalue weighted by atomic mass is 15.1. The number of nitrogens with zero attached hydrogens (tertiary/aromatic N) is 3. The van der Waals surface area contributed by atoms with E-state index in [1.165, 1.54) is 5.56 Å². The van der Waals surface area contributed by atoms with Crippen molar-refractivity contribution >= 4 is 32.6 Å². The van der Waals surface area contributed by atoms with Gasteiger partial charge >= 0.3 is 0 Å². The molecule has 0 N–H and O–H groups in total. The molecule has 0 atom stereocenters. The van der Waals surface area contributed by atoms with Crippen molar-refractivity contribution in [2.75, 3.05) is 0 Å². The summed E-state index contributed by atoms with van der Waals surface area (Å²) in [5, 5.41) is 4.57. The van der Waals surface area contributed by atoms with Gasteiger partial charge in [-0.05, 0) is 92.1 Å². The molecule has 42 heavy (non-hydrogen) atoms. The van der Waals surface area contributed by atoms with Crippen LogP contribution in [0.25, 0.3) is 71.6 Å². The first-order valence-electron chi connectivity index (χ1n) is 15.5. The maximum absolute atomic E-state index is 8.24. The zero-order valence-electron chi connectivity index (χ0n) is 25.7. The van der Waals surface area contributed by atoms with E-state index < -0.39 is 6.85 Å². The fourth-order valence-corrected chi connectivity index (χ4v) is 6.20. The normalized spacial score (nSPS) is 12.8. The highest BCUT2D eigenvalue weighted by molar-refractivity contribution is 6.21. The van der Waals surface area contributed by atoms with Crippen LogP contribution in [0.4, 0.5) is 0 Å². The summed E-state index contributed by atoms with van der Waals surface area (Å²) in [6, 6.07) is 45.5. The van der Waals surface area contributed by atoms with Gasteiger partial charge in [-0.1, -0.05) is 103 Å². The highest BCUT2D eigenvalue weighted by Gasteiger charge is 2.17. The molecule has 3 nitrogen and oxygen atoms in total. The molecule has 8 aromatic rings. The molecular formula is C39H27N3. The Hall–Kier alpha value is -5.54. The third-order valence-electron chi connectivity index (χ3n) is 8.05. The molecule has 0 radical (unpaired) electrons. The van der Waals surface area contributed by atoms with Gasteiger partial charge in [0.2, 0.25) is 0 Å². The lowest BCUT2D eigenvalue weighted by atomic mass is 9.85. The molecule has 0 aliphatic rings. The SMILES string of the molecule is [2H]C([2H])([2H])c1nc2ccccc2n1-c1cccc(-c2c3ccccc3c(-c3ccc(-c4cccnc4)cc3)c3ccccc23)c1. The number of aryl methyl sites for hydroxylation is 1. The zero-order valence-corrected chi connectivity index (χ0v) is 22.7. The number of pyridine rings is 1. The average molecular weight is 541 g/mol. The van der Waals surface area contributed by atoms with Gasteiger partial charge in [0.15, 0.2) is 0 Å². The Balaban J connectivity index is 1.36. The smallest absolute Gasteiger partial charge is 0.111 e. The van der Waals surface area contributed by atoms with Crippen molar-refractivity contribution in [2.24, 2.45) is 0 Å². The van der Waals surface area contributed by atoms with Gasteiger partial charge in [0, 0.05) is 22.2 Å². The van der Waals surface area contributed by atoms with Crippen LogP contribution in [0.3, 0.4) is 0 Å². The fraction of sp³-hybridized carbons (Fsp3) is 0.0256. The van der Waals surface area contributed by atoms with Crippen molar-refractivity contribution in [3.8, 4) is 39.1 Å². The molecule has 2 heterocycles. The fourth-order valence-electron chi connectivity index (χ4n) is 6.20. The molecule has 2 aromatic heterocycles. The summed E-state index contributed by atoms with van der Waals surface area (Å²) in [7, 11) is 0. The molecule has 0 bridgehead atoms. The number of para-hydroxylation sites is 2. The topological polar surface area (TPSA) is 30.7 Å². The molecule has 6 aromatic carbocycles. The summed E-state index contributed by atoms with van der Waals surface area (Å²) in [6.45, 7) is -2.37. The van der Waals surface area contributed by atoms with Crippen LogP contribution in [0.15, 0.2) is 146 Å². The van der Waals surface area contributed by atoms with Gasteiger partial charge in [0.25, 0.3) is 0 Å². The van der Waals surface area contributed by atoms with E-state index in [0.717, 1.165) is 60.6 Å². The number of benzene rings is 6. The molecule has 0 saturated heterocycles. The monoisotopic (exact) mass is 540 g/mol. The van der Waals surface area contributed by atoms with Crippen LogP contribution in [-0.2, 0) is 0 Å². The largest absolute Gasteiger partial charge is 0.297 e. The predicted molar refractivity (Wildman–Crippen MR) is 175 cm³/mol. The lowest BCUT2D eigenvalue weighted by Gasteiger charge is -2.18. The van der Waals surface area contributed by atoms with E-state index in [4.69, 9.17) is 4.11 Å². The molecule has 0 spiro atoms. The lowest BCUT2D eigenvalue weighted by molar-refractivity contribution is 1.00. The maximum Gasteiger partial charge on any atom is 0.111 e. The molecule has 0 fully saturated rings. The lowest BCUT2D eigenvalue weighted by Crippen LogP contribution is -1.97. The Bertz CT molecular complexity index is 2300. The summed E-state index contributed by atoms with van der Waals surface area (Å²) >= 11 is 0. The molecule has 0 saturated carbocycles. The van der Waals surface area contributed by atoms with Crippen LogP contribution in [0.1, 0.15) is 9.94 Å². The molecule has 0 unspecified atom stereocenters. The quantitative estimate of drug-likeness (QED) is 0.208. The van der Waals surface area contributed by atoms with Crippen LogP contribution in [-0.4, -0.2) is 14.5 Å². The number of hydrogen-bond donors (Lipinski definition) is 0. The number of hydrogen-bond acceptors (Lipinski definition) is 2. The molecule has 3 heteroatoms. The van der Waals surface area contributed by atoms with E-state index in [2.05, 4.69) is 101 Å². The number of fused-ring (bicyclic) bond motifs is 3. The summed E-state index contributed by atoms with van der Waals surface area (Å²) in [5.41, 5.74) is 8.83. The Morgan fingerprint density at radius 3 is 1.83 bits per heavy atom. The van der Waals surface area contributed by atoms with Gasteiger partial charge in [-0.2, -0.15) is 0 Å². The van der Waals surface area contributed by atoms with Crippen LogP contribution >= 0.6 is 0 Å². The second kappa shape index (κ2) is 9.83. The third-order valence-corrected chi connectivity index (χ3v) is 8.05. The van der Waals surface area contributed by atoms with Gasteiger partial charge in [0.1, 0.15) is 5.82 Å². The van der Waals surface area contributed by atoms with Crippen molar-refractivity contribution in [3.05, 3.63) is 152 Å². The van der Waals surface area contributed by atoms with Crippen molar-refractivity contribution in [3.63, 3.8) is 0 Å².